The molecule has 0 radical (unpaired) electrons. The van der Waals surface area contributed by atoms with Crippen molar-refractivity contribution < 1.29 is 19.2 Å². The van der Waals surface area contributed by atoms with E-state index < -0.39 is 0 Å². The van der Waals surface area contributed by atoms with E-state index in [1.54, 1.807) is 0 Å². The molecule has 6 nitrogen and oxygen atoms in total. The molecule has 48 heavy (non-hydrogen) atoms. The molecule has 0 aliphatic carbocycles. The van der Waals surface area contributed by atoms with Crippen LogP contribution in [0.1, 0.15) is 132 Å². The highest BCUT2D eigenvalue weighted by molar-refractivity contribution is 7.14. The number of unbranched alkanes of at least 4 members (excludes halogenated alkanes) is 2. The van der Waals surface area contributed by atoms with Crippen molar-refractivity contribution in [3.63, 3.8) is 0 Å². The average Bonchev–Trinajstić information content (AvgIpc) is 3.72. The molecule has 0 fully saturated rings. The van der Waals surface area contributed by atoms with Gasteiger partial charge in [-0.1, -0.05) is 66.2 Å². The van der Waals surface area contributed by atoms with Crippen LogP contribution in [0.4, 0.5) is 0 Å². The third kappa shape index (κ3) is 5.96. The highest BCUT2D eigenvalue weighted by Gasteiger charge is 2.44. The summed E-state index contributed by atoms with van der Waals surface area (Å²) < 4.78 is 0. The van der Waals surface area contributed by atoms with Crippen LogP contribution in [0.2, 0.25) is 0 Å². The average molecular weight is 683 g/mol. The number of aryl methyl sites for hydroxylation is 2. The summed E-state index contributed by atoms with van der Waals surface area (Å²) in [5, 5.41) is 4.98. The molecule has 2 atom stereocenters. The van der Waals surface area contributed by atoms with E-state index in [9.17, 15) is 19.2 Å². The molecule has 4 amide bonds. The molecule has 252 valence electrons. The summed E-state index contributed by atoms with van der Waals surface area (Å²) in [5.41, 5.74) is 5.09. The van der Waals surface area contributed by atoms with Gasteiger partial charge in [0, 0.05) is 55.9 Å². The summed E-state index contributed by atoms with van der Waals surface area (Å²) in [6.07, 6.45) is 7.78. The lowest BCUT2D eigenvalue weighted by Gasteiger charge is -2.36. The molecule has 0 N–H and O–H groups in total. The van der Waals surface area contributed by atoms with E-state index >= 15 is 0 Å². The molecule has 6 rings (SSSR count). The van der Waals surface area contributed by atoms with Crippen molar-refractivity contribution in [1.82, 2.24) is 9.80 Å². The Hall–Kier alpha value is -3.62. The summed E-state index contributed by atoms with van der Waals surface area (Å²) >= 11 is 3.06. The summed E-state index contributed by atoms with van der Waals surface area (Å²) in [6.45, 7) is 13.3. The normalized spacial score (nSPS) is 15.6. The van der Waals surface area contributed by atoms with Gasteiger partial charge in [0.15, 0.2) is 0 Å². The highest BCUT2D eigenvalue weighted by atomic mass is 32.1. The minimum atomic E-state index is -0.345. The molecule has 0 spiro atoms. The van der Waals surface area contributed by atoms with Crippen molar-refractivity contribution in [2.24, 2.45) is 11.8 Å². The van der Waals surface area contributed by atoms with Gasteiger partial charge in [-0.2, -0.15) is 0 Å². The SMILES string of the molecule is CCCCC(CC)CN1C(=O)c2cc(-c3cc(C)cs3)c3c4c(cc(-c5cc(C)cs5)c(c24)C1=O)C(=O)N(CC(CC)CCCC)C3=O. The van der Waals surface area contributed by atoms with Crippen LogP contribution in [0.25, 0.3) is 31.7 Å². The quantitative estimate of drug-likeness (QED) is 0.124. The Morgan fingerprint density at radius 3 is 1.27 bits per heavy atom. The number of carbonyl (C=O) groups excluding carboxylic acids is 4. The van der Waals surface area contributed by atoms with E-state index in [4.69, 9.17) is 0 Å². The van der Waals surface area contributed by atoms with Gasteiger partial charge in [0.05, 0.1) is 11.1 Å². The molecule has 2 aliphatic heterocycles. The van der Waals surface area contributed by atoms with E-state index in [-0.39, 0.29) is 35.5 Å². The molecule has 2 aromatic carbocycles. The van der Waals surface area contributed by atoms with Gasteiger partial charge in [0.1, 0.15) is 0 Å². The van der Waals surface area contributed by atoms with E-state index in [1.165, 1.54) is 32.5 Å². The van der Waals surface area contributed by atoms with Gasteiger partial charge in [0.25, 0.3) is 23.6 Å². The minimum Gasteiger partial charge on any atom is -0.274 e. The first-order valence-corrected chi connectivity index (χ1v) is 19.4. The number of rotatable bonds is 14. The zero-order valence-corrected chi connectivity index (χ0v) is 30.7. The second kappa shape index (κ2) is 14.1. The van der Waals surface area contributed by atoms with Gasteiger partial charge < -0.3 is 0 Å². The summed E-state index contributed by atoms with van der Waals surface area (Å²) in [7, 11) is 0. The maximum atomic E-state index is 14.7. The summed E-state index contributed by atoms with van der Waals surface area (Å²) in [5.74, 6) is -0.989. The number of hydrogen-bond donors (Lipinski definition) is 0. The van der Waals surface area contributed by atoms with Gasteiger partial charge in [-0.15, -0.1) is 22.7 Å². The molecule has 2 aliphatic rings. The second-order valence-electron chi connectivity index (χ2n) is 13.7. The van der Waals surface area contributed by atoms with Gasteiger partial charge in [-0.05, 0) is 84.7 Å². The Morgan fingerprint density at radius 2 is 0.958 bits per heavy atom. The van der Waals surface area contributed by atoms with Crippen LogP contribution in [-0.2, 0) is 0 Å². The maximum absolute atomic E-state index is 14.7. The van der Waals surface area contributed by atoms with Crippen molar-refractivity contribution in [3.8, 4) is 20.9 Å². The largest absolute Gasteiger partial charge is 0.274 e. The standard InChI is InChI=1S/C40H46N2O4S2/c1-7-11-13-25(9-3)19-41-37(43)29-17-28(32-16-24(6)22-48-32)36-34-30(38(44)42(40(36)46)20-26(10-4)14-12-8-2)18-27(31-15-23(5)21-47-31)35(33(29)34)39(41)45/h15-18,21-22,25-26H,7-14,19-20H2,1-6H3. The lowest BCUT2D eigenvalue weighted by atomic mass is 9.80. The van der Waals surface area contributed by atoms with Crippen LogP contribution in [0, 0.1) is 25.7 Å². The molecule has 0 bridgehead atoms. The number of benzene rings is 2. The van der Waals surface area contributed by atoms with Crippen LogP contribution in [0.3, 0.4) is 0 Å². The van der Waals surface area contributed by atoms with Crippen molar-refractivity contribution in [2.45, 2.75) is 92.9 Å². The molecule has 0 saturated carbocycles. The number of imide groups is 2. The lowest BCUT2D eigenvalue weighted by Crippen LogP contribution is -2.46. The second-order valence-corrected chi connectivity index (χ2v) is 15.5. The number of amides is 4. The zero-order valence-electron chi connectivity index (χ0n) is 29.0. The molecule has 2 unspecified atom stereocenters. The van der Waals surface area contributed by atoms with E-state index in [0.717, 1.165) is 72.2 Å². The Bertz CT molecular complexity index is 1780. The Kier molecular flexibility index (Phi) is 10.0. The van der Waals surface area contributed by atoms with E-state index in [0.29, 0.717) is 57.2 Å². The first kappa shape index (κ1) is 34.3. The first-order chi connectivity index (χ1) is 23.1. The molecular weight excluding hydrogens is 637 g/mol. The van der Waals surface area contributed by atoms with Crippen molar-refractivity contribution in [1.29, 1.82) is 0 Å². The molecule has 4 aromatic rings. The molecule has 4 heterocycles. The first-order valence-electron chi connectivity index (χ1n) is 17.6. The van der Waals surface area contributed by atoms with Crippen LogP contribution in [-0.4, -0.2) is 46.5 Å². The zero-order chi connectivity index (χ0) is 34.3. The summed E-state index contributed by atoms with van der Waals surface area (Å²) in [4.78, 5) is 63.1. The van der Waals surface area contributed by atoms with Gasteiger partial charge in [-0.3, -0.25) is 29.0 Å². The Labute approximate surface area is 292 Å². The number of thiophene rings is 2. The van der Waals surface area contributed by atoms with Crippen molar-refractivity contribution in [2.75, 3.05) is 13.1 Å². The lowest BCUT2D eigenvalue weighted by molar-refractivity contribution is 0.0559. The highest BCUT2D eigenvalue weighted by Crippen LogP contribution is 2.48. The van der Waals surface area contributed by atoms with Crippen molar-refractivity contribution in [3.05, 3.63) is 68.4 Å². The fourth-order valence-corrected chi connectivity index (χ4v) is 9.22. The number of carbonyl (C=O) groups is 4. The fourth-order valence-electron chi connectivity index (χ4n) is 7.38. The van der Waals surface area contributed by atoms with Gasteiger partial charge >= 0.3 is 0 Å². The Balaban J connectivity index is 1.64. The Morgan fingerprint density at radius 1 is 0.562 bits per heavy atom. The van der Waals surface area contributed by atoms with Gasteiger partial charge in [-0.25, -0.2) is 0 Å². The number of nitrogens with zero attached hydrogens (tertiary/aromatic N) is 2. The fraction of sp³-hybridized carbons (Fsp3) is 0.450. The van der Waals surface area contributed by atoms with Crippen LogP contribution < -0.4 is 0 Å². The third-order valence-corrected chi connectivity index (χ3v) is 12.4. The van der Waals surface area contributed by atoms with E-state index in [1.807, 2.05) is 48.9 Å². The van der Waals surface area contributed by atoms with Gasteiger partial charge in [0.2, 0.25) is 0 Å². The predicted molar refractivity (Wildman–Crippen MR) is 197 cm³/mol. The third-order valence-electron chi connectivity index (χ3n) is 10.2. The minimum absolute atomic E-state index is 0.190. The predicted octanol–water partition coefficient (Wildman–Crippen LogP) is 10.5. The van der Waals surface area contributed by atoms with Crippen LogP contribution >= 0.6 is 22.7 Å². The smallest absolute Gasteiger partial charge is 0.262 e. The molecule has 2 aromatic heterocycles. The summed E-state index contributed by atoms with van der Waals surface area (Å²) in [6, 6.07) is 7.76. The van der Waals surface area contributed by atoms with E-state index in [2.05, 4.69) is 27.7 Å². The monoisotopic (exact) mass is 682 g/mol. The molecular formula is C40H46N2O4S2. The molecule has 8 heteroatoms. The maximum Gasteiger partial charge on any atom is 0.262 e. The topological polar surface area (TPSA) is 74.8 Å². The molecule has 0 saturated heterocycles. The number of hydrogen-bond acceptors (Lipinski definition) is 6. The van der Waals surface area contributed by atoms with Crippen LogP contribution in [0.5, 0.6) is 0 Å². The van der Waals surface area contributed by atoms with Crippen molar-refractivity contribution >= 4 is 57.1 Å². The van der Waals surface area contributed by atoms with Crippen LogP contribution in [0.15, 0.2) is 35.0 Å².